The number of nitrogens with zero attached hydrogens (tertiary/aromatic N) is 2. The summed E-state index contributed by atoms with van der Waals surface area (Å²) in [5.41, 5.74) is 3.96. The van der Waals surface area contributed by atoms with E-state index in [1.807, 2.05) is 24.3 Å². The number of benzene rings is 2. The molecule has 2 aliphatic rings. The smallest absolute Gasteiger partial charge is 0.298 e. The minimum absolute atomic E-state index is 0.282. The highest BCUT2D eigenvalue weighted by Gasteiger charge is 2.42. The fourth-order valence-corrected chi connectivity index (χ4v) is 4.45. The Morgan fingerprint density at radius 1 is 1.04 bits per heavy atom. The van der Waals surface area contributed by atoms with Crippen LogP contribution in [0.4, 0.5) is 6.01 Å². The Morgan fingerprint density at radius 3 is 2.54 bits per heavy atom. The third kappa shape index (κ3) is 2.71. The van der Waals surface area contributed by atoms with Crippen molar-refractivity contribution in [3.63, 3.8) is 0 Å². The number of anilines is 1. The topological polar surface area (TPSA) is 57.0 Å². The summed E-state index contributed by atoms with van der Waals surface area (Å²) in [7, 11) is 3.36. The number of hydrogen-bond donors (Lipinski definition) is 0. The number of ether oxygens (including phenoxy) is 3. The first-order valence-corrected chi connectivity index (χ1v) is 9.72. The quantitative estimate of drug-likeness (QED) is 0.687. The van der Waals surface area contributed by atoms with Crippen molar-refractivity contribution in [3.05, 3.63) is 47.5 Å². The summed E-state index contributed by atoms with van der Waals surface area (Å²) in [4.78, 5) is 6.86. The van der Waals surface area contributed by atoms with E-state index < -0.39 is 0 Å². The van der Waals surface area contributed by atoms with Crippen molar-refractivity contribution in [1.29, 1.82) is 0 Å². The second kappa shape index (κ2) is 6.71. The Bertz CT molecular complexity index is 972. The lowest BCUT2D eigenvalue weighted by Crippen LogP contribution is -2.46. The van der Waals surface area contributed by atoms with Crippen molar-refractivity contribution < 1.29 is 18.6 Å². The summed E-state index contributed by atoms with van der Waals surface area (Å²) >= 11 is 0. The molecule has 5 rings (SSSR count). The molecule has 0 aliphatic carbocycles. The van der Waals surface area contributed by atoms with Gasteiger partial charge in [0.05, 0.1) is 26.4 Å². The average molecular weight is 380 g/mol. The predicted molar refractivity (Wildman–Crippen MR) is 106 cm³/mol. The number of hydrogen-bond acceptors (Lipinski definition) is 6. The molecule has 3 aromatic rings. The van der Waals surface area contributed by atoms with Crippen molar-refractivity contribution >= 4 is 17.1 Å². The summed E-state index contributed by atoms with van der Waals surface area (Å²) in [6.07, 6.45) is 2.66. The van der Waals surface area contributed by atoms with Gasteiger partial charge in [-0.05, 0) is 54.7 Å². The molecule has 6 nitrogen and oxygen atoms in total. The van der Waals surface area contributed by atoms with Crippen LogP contribution in [0.3, 0.4) is 0 Å². The van der Waals surface area contributed by atoms with Crippen LogP contribution < -0.4 is 14.4 Å². The first kappa shape index (κ1) is 17.4. The summed E-state index contributed by atoms with van der Waals surface area (Å²) in [5.74, 6) is 1.54. The monoisotopic (exact) mass is 380 g/mol. The van der Waals surface area contributed by atoms with E-state index in [0.717, 1.165) is 61.6 Å². The maximum absolute atomic E-state index is 6.37. The molecule has 3 heterocycles. The number of piperidine rings is 1. The van der Waals surface area contributed by atoms with Gasteiger partial charge in [-0.25, -0.2) is 0 Å². The fraction of sp³-hybridized carbons (Fsp3) is 0.409. The summed E-state index contributed by atoms with van der Waals surface area (Å²) in [6.45, 7) is 2.40. The van der Waals surface area contributed by atoms with E-state index >= 15 is 0 Å². The van der Waals surface area contributed by atoms with E-state index in [0.29, 0.717) is 6.01 Å². The lowest BCUT2D eigenvalue weighted by atomic mass is 9.79. The molecule has 1 saturated heterocycles. The van der Waals surface area contributed by atoms with Crippen molar-refractivity contribution in [2.24, 2.45) is 0 Å². The first-order valence-electron chi connectivity index (χ1n) is 9.72. The first-order chi connectivity index (χ1) is 13.7. The molecule has 1 spiro atoms. The van der Waals surface area contributed by atoms with Gasteiger partial charge in [-0.15, -0.1) is 0 Å². The van der Waals surface area contributed by atoms with E-state index in [2.05, 4.69) is 22.0 Å². The molecular weight excluding hydrogens is 356 g/mol. The molecule has 1 fully saturated rings. The van der Waals surface area contributed by atoms with E-state index in [1.165, 1.54) is 11.1 Å². The standard InChI is InChI=1S/C22H24N2O4/c1-25-19-13-15-7-12-27-22(16(15)14-20(19)26-2)8-10-24(11-9-22)21-23-17-5-3-4-6-18(17)28-21/h3-6,13-14H,7-12H2,1-2H3. The van der Waals surface area contributed by atoms with Crippen LogP contribution in [0, 0.1) is 0 Å². The van der Waals surface area contributed by atoms with Gasteiger partial charge in [-0.3, -0.25) is 0 Å². The SMILES string of the molecule is COc1cc2c(cc1OC)C1(CCN(c3nc4ccccc4o3)CC1)OCC2. The van der Waals surface area contributed by atoms with Crippen LogP contribution in [0.15, 0.2) is 40.8 Å². The molecule has 1 aromatic heterocycles. The minimum Gasteiger partial charge on any atom is -0.493 e. The number of para-hydroxylation sites is 2. The molecular formula is C22H24N2O4. The summed E-state index contributed by atoms with van der Waals surface area (Å²) in [5, 5.41) is 0. The molecule has 0 saturated carbocycles. The van der Waals surface area contributed by atoms with Crippen molar-refractivity contribution in [2.75, 3.05) is 38.8 Å². The Kier molecular flexibility index (Phi) is 4.16. The Labute approximate surface area is 164 Å². The highest BCUT2D eigenvalue weighted by molar-refractivity contribution is 5.74. The van der Waals surface area contributed by atoms with Gasteiger partial charge in [0.2, 0.25) is 0 Å². The van der Waals surface area contributed by atoms with Gasteiger partial charge in [0.1, 0.15) is 5.52 Å². The predicted octanol–water partition coefficient (Wildman–Crippen LogP) is 3.91. The maximum atomic E-state index is 6.37. The molecule has 0 N–H and O–H groups in total. The highest BCUT2D eigenvalue weighted by Crippen LogP contribution is 2.45. The zero-order valence-electron chi connectivity index (χ0n) is 16.2. The van der Waals surface area contributed by atoms with Gasteiger partial charge in [0.15, 0.2) is 17.1 Å². The van der Waals surface area contributed by atoms with Crippen LogP contribution in [-0.4, -0.2) is 38.9 Å². The molecule has 0 radical (unpaired) electrons. The Morgan fingerprint density at radius 2 is 1.79 bits per heavy atom. The molecule has 0 amide bonds. The number of aromatic nitrogens is 1. The highest BCUT2D eigenvalue weighted by atomic mass is 16.5. The van der Waals surface area contributed by atoms with Gasteiger partial charge in [0, 0.05) is 13.1 Å². The number of fused-ring (bicyclic) bond motifs is 3. The minimum atomic E-state index is -0.282. The maximum Gasteiger partial charge on any atom is 0.298 e. The molecule has 0 bridgehead atoms. The third-order valence-corrected chi connectivity index (χ3v) is 5.97. The van der Waals surface area contributed by atoms with Gasteiger partial charge < -0.3 is 23.5 Å². The van der Waals surface area contributed by atoms with Crippen molar-refractivity contribution in [3.8, 4) is 11.5 Å². The van der Waals surface area contributed by atoms with E-state index in [-0.39, 0.29) is 5.60 Å². The van der Waals surface area contributed by atoms with Gasteiger partial charge in [-0.2, -0.15) is 4.98 Å². The normalized spacial score (nSPS) is 18.3. The zero-order valence-corrected chi connectivity index (χ0v) is 16.2. The molecule has 146 valence electrons. The number of methoxy groups -OCH3 is 2. The van der Waals surface area contributed by atoms with Gasteiger partial charge in [-0.1, -0.05) is 12.1 Å². The molecule has 2 aliphatic heterocycles. The Balaban J connectivity index is 1.43. The molecule has 28 heavy (non-hydrogen) atoms. The molecule has 0 unspecified atom stereocenters. The summed E-state index contributed by atoms with van der Waals surface area (Å²) in [6, 6.07) is 12.8. The van der Waals surface area contributed by atoms with Crippen LogP contribution in [-0.2, 0) is 16.8 Å². The lowest BCUT2D eigenvalue weighted by molar-refractivity contribution is -0.0771. The average Bonchev–Trinajstić information content (AvgIpc) is 3.18. The van der Waals surface area contributed by atoms with Crippen LogP contribution >= 0.6 is 0 Å². The van der Waals surface area contributed by atoms with Crippen LogP contribution in [0.25, 0.3) is 11.1 Å². The van der Waals surface area contributed by atoms with Gasteiger partial charge in [0.25, 0.3) is 6.01 Å². The van der Waals surface area contributed by atoms with Gasteiger partial charge >= 0.3 is 0 Å². The second-order valence-corrected chi connectivity index (χ2v) is 7.41. The second-order valence-electron chi connectivity index (χ2n) is 7.41. The van der Waals surface area contributed by atoms with Crippen LogP contribution in [0.5, 0.6) is 11.5 Å². The zero-order chi connectivity index (χ0) is 19.1. The van der Waals surface area contributed by atoms with E-state index in [9.17, 15) is 0 Å². The van der Waals surface area contributed by atoms with Crippen molar-refractivity contribution in [1.82, 2.24) is 4.98 Å². The Hall–Kier alpha value is -2.73. The molecule has 2 aromatic carbocycles. The molecule has 6 heteroatoms. The summed E-state index contributed by atoms with van der Waals surface area (Å²) < 4.78 is 23.4. The number of oxazole rings is 1. The fourth-order valence-electron chi connectivity index (χ4n) is 4.45. The van der Waals surface area contributed by atoms with Crippen LogP contribution in [0.1, 0.15) is 24.0 Å². The number of rotatable bonds is 3. The largest absolute Gasteiger partial charge is 0.493 e. The van der Waals surface area contributed by atoms with Crippen molar-refractivity contribution in [2.45, 2.75) is 24.9 Å². The van der Waals surface area contributed by atoms with Crippen LogP contribution in [0.2, 0.25) is 0 Å². The molecule has 0 atom stereocenters. The third-order valence-electron chi connectivity index (χ3n) is 5.97. The van der Waals surface area contributed by atoms with E-state index in [1.54, 1.807) is 14.2 Å². The lowest BCUT2D eigenvalue weighted by Gasteiger charge is -2.44. The van der Waals surface area contributed by atoms with E-state index in [4.69, 9.17) is 18.6 Å².